The molecule has 1 aromatic carbocycles. The van der Waals surface area contributed by atoms with Gasteiger partial charge >= 0.3 is 0 Å². The van der Waals surface area contributed by atoms with Gasteiger partial charge in [-0.25, -0.2) is 0 Å². The van der Waals surface area contributed by atoms with Crippen molar-refractivity contribution in [1.82, 2.24) is 0 Å². The molecule has 0 heterocycles. The Morgan fingerprint density at radius 2 is 1.67 bits per heavy atom. The van der Waals surface area contributed by atoms with Crippen LogP contribution < -0.4 is 9.47 Å². The third-order valence-electron chi connectivity index (χ3n) is 1.70. The van der Waals surface area contributed by atoms with Crippen LogP contribution in [0.4, 0.5) is 0 Å². The molecule has 0 saturated carbocycles. The molecule has 0 aliphatic carbocycles. The Morgan fingerprint density at radius 1 is 1.00 bits per heavy atom. The third kappa shape index (κ3) is 4.18. The van der Waals surface area contributed by atoms with Gasteiger partial charge < -0.3 is 9.47 Å². The molecule has 2 nitrogen and oxygen atoms in total. The monoisotopic (exact) mass is 202 g/mol. The highest BCUT2D eigenvalue weighted by molar-refractivity contribution is 5.31. The number of allylic oxidation sites excluding steroid dienone is 4. The van der Waals surface area contributed by atoms with E-state index in [9.17, 15) is 0 Å². The van der Waals surface area contributed by atoms with Crippen LogP contribution in [0.1, 0.15) is 0 Å². The Morgan fingerprint density at radius 3 is 2.27 bits per heavy atom. The van der Waals surface area contributed by atoms with E-state index in [-0.39, 0.29) is 0 Å². The van der Waals surface area contributed by atoms with Crippen molar-refractivity contribution in [2.75, 3.05) is 7.11 Å². The molecule has 2 heteroatoms. The fourth-order valence-electron chi connectivity index (χ4n) is 0.960. The minimum Gasteiger partial charge on any atom is -0.497 e. The summed E-state index contributed by atoms with van der Waals surface area (Å²) >= 11 is 0. The first-order valence-electron chi connectivity index (χ1n) is 4.62. The van der Waals surface area contributed by atoms with Crippen molar-refractivity contribution in [2.45, 2.75) is 0 Å². The molecule has 0 unspecified atom stereocenters. The molecule has 78 valence electrons. The lowest BCUT2D eigenvalue weighted by atomic mass is 10.3. The van der Waals surface area contributed by atoms with Gasteiger partial charge in [0.25, 0.3) is 0 Å². The summed E-state index contributed by atoms with van der Waals surface area (Å²) in [4.78, 5) is 0. The van der Waals surface area contributed by atoms with Gasteiger partial charge in [-0.15, -0.1) is 0 Å². The van der Waals surface area contributed by atoms with E-state index in [1.54, 1.807) is 25.5 Å². The van der Waals surface area contributed by atoms with Gasteiger partial charge in [-0.1, -0.05) is 24.8 Å². The molecule has 0 aromatic heterocycles. The average molecular weight is 202 g/mol. The van der Waals surface area contributed by atoms with E-state index < -0.39 is 0 Å². The lowest BCUT2D eigenvalue weighted by Gasteiger charge is -2.01. The maximum Gasteiger partial charge on any atom is 0.126 e. The molecule has 1 aromatic rings. The Balaban J connectivity index is 2.47. The summed E-state index contributed by atoms with van der Waals surface area (Å²) < 4.78 is 10.4. The summed E-state index contributed by atoms with van der Waals surface area (Å²) in [6, 6.07) is 7.40. The minimum atomic E-state index is 0.777. The molecule has 0 aliphatic rings. The van der Waals surface area contributed by atoms with Crippen molar-refractivity contribution in [3.05, 3.63) is 61.4 Å². The number of hydrogen-bond acceptors (Lipinski definition) is 2. The highest BCUT2D eigenvalue weighted by Gasteiger charge is 1.91. The molecule has 0 amide bonds. The Labute approximate surface area is 90.1 Å². The van der Waals surface area contributed by atoms with Crippen LogP contribution in [-0.2, 0) is 0 Å². The van der Waals surface area contributed by atoms with Gasteiger partial charge in [-0.3, -0.25) is 0 Å². The van der Waals surface area contributed by atoms with Gasteiger partial charge in [-0.05, 0) is 30.3 Å². The molecule has 0 atom stereocenters. The highest BCUT2D eigenvalue weighted by Crippen LogP contribution is 2.16. The lowest BCUT2D eigenvalue weighted by molar-refractivity contribution is 0.413. The average Bonchev–Trinajstić information content (AvgIpc) is 2.30. The summed E-state index contributed by atoms with van der Waals surface area (Å²) in [5.74, 6) is 1.59. The molecule has 0 spiro atoms. The van der Waals surface area contributed by atoms with Crippen LogP contribution in [0.2, 0.25) is 0 Å². The summed E-state index contributed by atoms with van der Waals surface area (Å²) in [6.07, 6.45) is 8.79. The van der Waals surface area contributed by atoms with Crippen LogP contribution in [0.3, 0.4) is 0 Å². The largest absolute Gasteiger partial charge is 0.497 e. The number of methoxy groups -OCH3 is 1. The maximum absolute atomic E-state index is 5.33. The molecule has 1 rings (SSSR count). The van der Waals surface area contributed by atoms with Gasteiger partial charge in [0.05, 0.1) is 13.4 Å². The second-order valence-corrected chi connectivity index (χ2v) is 2.74. The molecule has 0 N–H and O–H groups in total. The summed E-state index contributed by atoms with van der Waals surface area (Å²) in [7, 11) is 1.63. The molecular weight excluding hydrogens is 188 g/mol. The van der Waals surface area contributed by atoms with E-state index in [2.05, 4.69) is 6.58 Å². The van der Waals surface area contributed by atoms with Gasteiger partial charge in [0.15, 0.2) is 0 Å². The van der Waals surface area contributed by atoms with E-state index in [0.717, 1.165) is 11.5 Å². The number of ether oxygens (including phenoxy) is 2. The van der Waals surface area contributed by atoms with Crippen LogP contribution in [0.25, 0.3) is 0 Å². The van der Waals surface area contributed by atoms with E-state index in [1.165, 1.54) is 0 Å². The molecule has 0 bridgehead atoms. The van der Waals surface area contributed by atoms with Crippen molar-refractivity contribution < 1.29 is 9.47 Å². The molecule has 0 fully saturated rings. The van der Waals surface area contributed by atoms with Gasteiger partial charge in [-0.2, -0.15) is 0 Å². The van der Waals surface area contributed by atoms with Crippen LogP contribution >= 0.6 is 0 Å². The highest BCUT2D eigenvalue weighted by atomic mass is 16.5. The maximum atomic E-state index is 5.33. The predicted octanol–water partition coefficient (Wildman–Crippen LogP) is 3.33. The SMILES string of the molecule is C=C/C=C\C=C\Oc1ccc(OC)cc1. The van der Waals surface area contributed by atoms with Gasteiger partial charge in [0, 0.05) is 0 Å². The first-order chi connectivity index (χ1) is 7.36. The zero-order valence-corrected chi connectivity index (χ0v) is 8.72. The smallest absolute Gasteiger partial charge is 0.126 e. The van der Waals surface area contributed by atoms with E-state index in [1.807, 2.05) is 36.4 Å². The summed E-state index contributed by atoms with van der Waals surface area (Å²) in [5, 5.41) is 0. The predicted molar refractivity (Wildman–Crippen MR) is 62.1 cm³/mol. The zero-order valence-electron chi connectivity index (χ0n) is 8.72. The van der Waals surface area contributed by atoms with Crippen LogP contribution in [-0.4, -0.2) is 7.11 Å². The van der Waals surface area contributed by atoms with Crippen LogP contribution in [0.5, 0.6) is 11.5 Å². The topological polar surface area (TPSA) is 18.5 Å². The number of benzene rings is 1. The van der Waals surface area contributed by atoms with E-state index in [4.69, 9.17) is 9.47 Å². The summed E-state index contributed by atoms with van der Waals surface area (Å²) in [6.45, 7) is 3.56. The van der Waals surface area contributed by atoms with Crippen molar-refractivity contribution in [2.24, 2.45) is 0 Å². The second-order valence-electron chi connectivity index (χ2n) is 2.74. The Bertz CT molecular complexity index is 347. The van der Waals surface area contributed by atoms with Gasteiger partial charge in [0.2, 0.25) is 0 Å². The van der Waals surface area contributed by atoms with E-state index >= 15 is 0 Å². The fraction of sp³-hybridized carbons (Fsp3) is 0.0769. The lowest BCUT2D eigenvalue weighted by Crippen LogP contribution is -1.83. The standard InChI is InChI=1S/C13H14O2/c1-3-4-5-6-11-15-13-9-7-12(14-2)8-10-13/h3-11H,1H2,2H3/b5-4-,11-6+. The first kappa shape index (κ1) is 11.1. The first-order valence-corrected chi connectivity index (χ1v) is 4.62. The molecule has 15 heavy (non-hydrogen) atoms. The number of rotatable bonds is 5. The fourth-order valence-corrected chi connectivity index (χ4v) is 0.960. The van der Waals surface area contributed by atoms with Crippen LogP contribution in [0, 0.1) is 0 Å². The zero-order chi connectivity index (χ0) is 10.9. The van der Waals surface area contributed by atoms with E-state index in [0.29, 0.717) is 0 Å². The normalized spacial score (nSPS) is 10.7. The molecule has 0 saturated heterocycles. The van der Waals surface area contributed by atoms with Crippen LogP contribution in [0.15, 0.2) is 61.4 Å². The third-order valence-corrected chi connectivity index (χ3v) is 1.70. The Kier molecular flexibility index (Phi) is 4.81. The molecule has 0 aliphatic heterocycles. The second kappa shape index (κ2) is 6.49. The van der Waals surface area contributed by atoms with Gasteiger partial charge in [0.1, 0.15) is 11.5 Å². The Hall–Kier alpha value is -1.96. The summed E-state index contributed by atoms with van der Waals surface area (Å²) in [5.41, 5.74) is 0. The molecular formula is C13H14O2. The number of hydrogen-bond donors (Lipinski definition) is 0. The minimum absolute atomic E-state index is 0.777. The quantitative estimate of drug-likeness (QED) is 0.538. The molecule has 0 radical (unpaired) electrons. The van der Waals surface area contributed by atoms with Crippen molar-refractivity contribution in [3.8, 4) is 11.5 Å². The van der Waals surface area contributed by atoms with Crippen molar-refractivity contribution in [1.29, 1.82) is 0 Å². The van der Waals surface area contributed by atoms with Crippen molar-refractivity contribution in [3.63, 3.8) is 0 Å². The van der Waals surface area contributed by atoms with Crippen molar-refractivity contribution >= 4 is 0 Å².